The fraction of sp³-hybridized carbons (Fsp3) is 0.545. The van der Waals surface area contributed by atoms with Gasteiger partial charge in [0.2, 0.25) is 0 Å². The average molecular weight is 214 g/mol. The molecule has 0 spiro atoms. The predicted octanol–water partition coefficient (Wildman–Crippen LogP) is 2.68. The van der Waals surface area contributed by atoms with Crippen LogP contribution in [0.2, 0.25) is 5.02 Å². The van der Waals surface area contributed by atoms with Crippen molar-refractivity contribution in [3.05, 3.63) is 29.0 Å². The van der Waals surface area contributed by atoms with Gasteiger partial charge >= 0.3 is 0 Å². The fourth-order valence-electron chi connectivity index (χ4n) is 1.45. The molecule has 0 saturated heterocycles. The maximum atomic E-state index is 9.62. The summed E-state index contributed by atoms with van der Waals surface area (Å²) in [6, 6.07) is 1.90. The van der Waals surface area contributed by atoms with Crippen molar-refractivity contribution in [1.82, 2.24) is 4.98 Å². The minimum atomic E-state index is -0.251. The number of aromatic nitrogens is 1. The quantitative estimate of drug-likeness (QED) is 0.835. The van der Waals surface area contributed by atoms with Gasteiger partial charge in [-0.25, -0.2) is 0 Å². The fourth-order valence-corrected chi connectivity index (χ4v) is 1.65. The molecule has 2 nitrogen and oxygen atoms in total. The normalized spacial score (nSPS) is 15.1. The topological polar surface area (TPSA) is 33.1 Å². The van der Waals surface area contributed by atoms with Gasteiger partial charge in [0.25, 0.3) is 0 Å². The zero-order valence-corrected chi connectivity index (χ0v) is 9.33. The summed E-state index contributed by atoms with van der Waals surface area (Å²) in [5.74, 6) is 0.236. The Morgan fingerprint density at radius 3 is 2.86 bits per heavy atom. The van der Waals surface area contributed by atoms with Crippen molar-refractivity contribution in [2.75, 3.05) is 0 Å². The van der Waals surface area contributed by atoms with Crippen LogP contribution in [0.4, 0.5) is 0 Å². The Morgan fingerprint density at radius 2 is 2.29 bits per heavy atom. The van der Waals surface area contributed by atoms with E-state index in [1.165, 1.54) is 0 Å². The Kier molecular flexibility index (Phi) is 4.36. The highest BCUT2D eigenvalue weighted by Crippen LogP contribution is 2.20. The lowest BCUT2D eigenvalue weighted by molar-refractivity contribution is 0.113. The molecular formula is C11H16ClNO. The molecule has 14 heavy (non-hydrogen) atoms. The minimum Gasteiger partial charge on any atom is -0.393 e. The standard InChI is InChI=1S/C11H16ClNO/c1-3-11(14)8(2)6-9-4-5-13-7-10(9)12/h4-5,7-8,11,14H,3,6H2,1-2H3. The molecule has 0 amide bonds. The first kappa shape index (κ1) is 11.5. The lowest BCUT2D eigenvalue weighted by Crippen LogP contribution is -2.18. The van der Waals surface area contributed by atoms with E-state index in [1.54, 1.807) is 12.4 Å². The van der Waals surface area contributed by atoms with Crippen LogP contribution in [0.1, 0.15) is 25.8 Å². The summed E-state index contributed by atoms with van der Waals surface area (Å²) >= 11 is 5.97. The van der Waals surface area contributed by atoms with Crippen LogP contribution in [0.5, 0.6) is 0 Å². The van der Waals surface area contributed by atoms with Gasteiger partial charge in [-0.2, -0.15) is 0 Å². The van der Waals surface area contributed by atoms with Crippen LogP contribution in [-0.4, -0.2) is 16.2 Å². The van der Waals surface area contributed by atoms with Gasteiger partial charge in [-0.3, -0.25) is 4.98 Å². The second-order valence-corrected chi connectivity index (χ2v) is 4.03. The molecule has 2 atom stereocenters. The van der Waals surface area contributed by atoms with Gasteiger partial charge in [-0.15, -0.1) is 0 Å². The summed E-state index contributed by atoms with van der Waals surface area (Å²) in [5.41, 5.74) is 1.06. The van der Waals surface area contributed by atoms with E-state index in [0.29, 0.717) is 5.02 Å². The SMILES string of the molecule is CCC(O)C(C)Cc1ccncc1Cl. The molecule has 0 aliphatic carbocycles. The molecule has 1 heterocycles. The zero-order chi connectivity index (χ0) is 10.6. The van der Waals surface area contributed by atoms with Gasteiger partial charge in [0.1, 0.15) is 0 Å². The van der Waals surface area contributed by atoms with Gasteiger partial charge in [0.15, 0.2) is 0 Å². The van der Waals surface area contributed by atoms with Crippen LogP contribution < -0.4 is 0 Å². The molecule has 1 rings (SSSR count). The van der Waals surface area contributed by atoms with E-state index in [0.717, 1.165) is 18.4 Å². The molecule has 0 fully saturated rings. The summed E-state index contributed by atoms with van der Waals surface area (Å²) < 4.78 is 0. The number of nitrogens with zero attached hydrogens (tertiary/aromatic N) is 1. The van der Waals surface area contributed by atoms with Crippen molar-refractivity contribution in [2.24, 2.45) is 5.92 Å². The van der Waals surface area contributed by atoms with E-state index >= 15 is 0 Å². The maximum absolute atomic E-state index is 9.62. The van der Waals surface area contributed by atoms with Crippen molar-refractivity contribution in [2.45, 2.75) is 32.8 Å². The van der Waals surface area contributed by atoms with Crippen LogP contribution in [-0.2, 0) is 6.42 Å². The summed E-state index contributed by atoms with van der Waals surface area (Å²) in [4.78, 5) is 3.92. The molecule has 3 heteroatoms. The Morgan fingerprint density at radius 1 is 1.57 bits per heavy atom. The second kappa shape index (κ2) is 5.32. The van der Waals surface area contributed by atoms with Gasteiger partial charge in [-0.05, 0) is 30.4 Å². The first-order chi connectivity index (χ1) is 6.65. The van der Waals surface area contributed by atoms with E-state index < -0.39 is 0 Å². The van der Waals surface area contributed by atoms with E-state index in [1.807, 2.05) is 19.9 Å². The predicted molar refractivity (Wildman–Crippen MR) is 58.4 cm³/mol. The number of pyridine rings is 1. The summed E-state index contributed by atoms with van der Waals surface area (Å²) in [7, 11) is 0. The minimum absolute atomic E-state index is 0.236. The van der Waals surface area contributed by atoms with Crippen molar-refractivity contribution in [1.29, 1.82) is 0 Å². The van der Waals surface area contributed by atoms with Gasteiger partial charge in [-0.1, -0.05) is 25.4 Å². The Bertz CT molecular complexity index is 290. The molecular weight excluding hydrogens is 198 g/mol. The highest BCUT2D eigenvalue weighted by molar-refractivity contribution is 6.31. The number of halogens is 1. The summed E-state index contributed by atoms with van der Waals surface area (Å²) in [6.45, 7) is 4.01. The largest absolute Gasteiger partial charge is 0.393 e. The zero-order valence-electron chi connectivity index (χ0n) is 8.57. The van der Waals surface area contributed by atoms with Crippen LogP contribution in [0.3, 0.4) is 0 Å². The van der Waals surface area contributed by atoms with Crippen LogP contribution in [0.15, 0.2) is 18.5 Å². The Labute approximate surface area is 89.9 Å². The van der Waals surface area contributed by atoms with Crippen molar-refractivity contribution < 1.29 is 5.11 Å². The highest BCUT2D eigenvalue weighted by Gasteiger charge is 2.13. The molecule has 0 aromatic carbocycles. The second-order valence-electron chi connectivity index (χ2n) is 3.62. The smallest absolute Gasteiger partial charge is 0.0621 e. The molecule has 1 aromatic heterocycles. The third-order valence-electron chi connectivity index (χ3n) is 2.47. The Hall–Kier alpha value is -0.600. The van der Waals surface area contributed by atoms with Gasteiger partial charge in [0.05, 0.1) is 11.1 Å². The molecule has 2 unspecified atom stereocenters. The van der Waals surface area contributed by atoms with E-state index in [4.69, 9.17) is 11.6 Å². The molecule has 0 aliphatic heterocycles. The van der Waals surface area contributed by atoms with Crippen molar-refractivity contribution >= 4 is 11.6 Å². The molecule has 78 valence electrons. The van der Waals surface area contributed by atoms with Crippen LogP contribution in [0.25, 0.3) is 0 Å². The Balaban J connectivity index is 2.64. The van der Waals surface area contributed by atoms with Crippen molar-refractivity contribution in [3.63, 3.8) is 0 Å². The lowest BCUT2D eigenvalue weighted by atomic mass is 9.95. The maximum Gasteiger partial charge on any atom is 0.0621 e. The summed E-state index contributed by atoms with van der Waals surface area (Å²) in [5, 5.41) is 10.3. The molecule has 0 bridgehead atoms. The highest BCUT2D eigenvalue weighted by atomic mass is 35.5. The average Bonchev–Trinajstić information content (AvgIpc) is 2.20. The van der Waals surface area contributed by atoms with E-state index in [9.17, 15) is 5.11 Å². The first-order valence-corrected chi connectivity index (χ1v) is 5.29. The van der Waals surface area contributed by atoms with Crippen LogP contribution in [0, 0.1) is 5.92 Å². The lowest BCUT2D eigenvalue weighted by Gasteiger charge is -2.17. The van der Waals surface area contributed by atoms with Crippen LogP contribution >= 0.6 is 11.6 Å². The molecule has 0 radical (unpaired) electrons. The first-order valence-electron chi connectivity index (χ1n) is 4.91. The van der Waals surface area contributed by atoms with Crippen molar-refractivity contribution in [3.8, 4) is 0 Å². The number of aliphatic hydroxyl groups excluding tert-OH is 1. The third kappa shape index (κ3) is 2.96. The molecule has 0 saturated carbocycles. The van der Waals surface area contributed by atoms with E-state index in [2.05, 4.69) is 4.98 Å². The number of hydrogen-bond acceptors (Lipinski definition) is 2. The number of aliphatic hydroxyl groups is 1. The number of hydrogen-bond donors (Lipinski definition) is 1. The third-order valence-corrected chi connectivity index (χ3v) is 2.81. The van der Waals surface area contributed by atoms with E-state index in [-0.39, 0.29) is 12.0 Å². The number of rotatable bonds is 4. The molecule has 1 N–H and O–H groups in total. The summed E-state index contributed by atoms with van der Waals surface area (Å²) in [6.07, 6.45) is 4.70. The van der Waals surface area contributed by atoms with Gasteiger partial charge < -0.3 is 5.11 Å². The monoisotopic (exact) mass is 213 g/mol. The van der Waals surface area contributed by atoms with Gasteiger partial charge in [0, 0.05) is 12.4 Å². The molecule has 0 aliphatic rings. The molecule has 1 aromatic rings.